The number of hydrogen-bond donors (Lipinski definition) is 3. The molecule has 7 nitrogen and oxygen atoms in total. The largest absolute Gasteiger partial charge is 0.326 e. The van der Waals surface area contributed by atoms with Gasteiger partial charge >= 0.3 is 0 Å². The first-order valence-electron chi connectivity index (χ1n) is 7.92. The predicted octanol–water partition coefficient (Wildman–Crippen LogP) is 4.04. The Balaban J connectivity index is 1.82. The maximum Gasteiger partial charge on any atom is 0.257 e. The van der Waals surface area contributed by atoms with Gasteiger partial charge in [-0.25, -0.2) is 4.98 Å². The first-order valence-corrected chi connectivity index (χ1v) is 9.67. The van der Waals surface area contributed by atoms with E-state index < -0.39 is 0 Å². The van der Waals surface area contributed by atoms with Crippen LogP contribution in [0.4, 0.5) is 16.5 Å². The van der Waals surface area contributed by atoms with Crippen LogP contribution in [0.2, 0.25) is 0 Å². The van der Waals surface area contributed by atoms with Crippen molar-refractivity contribution in [3.05, 3.63) is 46.7 Å². The zero-order valence-corrected chi connectivity index (χ0v) is 16.2. The molecule has 2 aromatic heterocycles. The molecule has 0 saturated carbocycles. The minimum atomic E-state index is -0.388. The topological polar surface area (TPSA) is 100 Å². The molecule has 0 fully saturated rings. The van der Waals surface area contributed by atoms with Crippen LogP contribution in [0.3, 0.4) is 0 Å². The molecule has 2 heterocycles. The maximum atomic E-state index is 12.6. The Hall–Kier alpha value is -3.04. The number of carbonyl (C=O) groups excluding carboxylic acids is 3. The third kappa shape index (κ3) is 4.99. The molecule has 0 aliphatic carbocycles. The van der Waals surface area contributed by atoms with Gasteiger partial charge in [-0.15, -0.1) is 22.7 Å². The average Bonchev–Trinajstić information content (AvgIpc) is 3.24. The van der Waals surface area contributed by atoms with E-state index in [1.807, 2.05) is 22.9 Å². The minimum Gasteiger partial charge on any atom is -0.326 e. The summed E-state index contributed by atoms with van der Waals surface area (Å²) in [6, 6.07) is 8.56. The van der Waals surface area contributed by atoms with Crippen molar-refractivity contribution in [1.82, 2.24) is 4.98 Å². The molecule has 0 atom stereocenters. The Morgan fingerprint density at radius 2 is 1.59 bits per heavy atom. The summed E-state index contributed by atoms with van der Waals surface area (Å²) in [5, 5.41) is 12.3. The second-order valence-electron chi connectivity index (χ2n) is 5.63. The molecule has 9 heteroatoms. The van der Waals surface area contributed by atoms with Gasteiger partial charge in [-0.1, -0.05) is 6.07 Å². The van der Waals surface area contributed by atoms with Gasteiger partial charge in [0.05, 0.1) is 10.6 Å². The van der Waals surface area contributed by atoms with E-state index in [1.54, 1.807) is 17.4 Å². The van der Waals surface area contributed by atoms with Crippen molar-refractivity contribution in [3.8, 4) is 10.6 Å². The quantitative estimate of drug-likeness (QED) is 0.602. The first kappa shape index (κ1) is 18.7. The number of benzene rings is 1. The van der Waals surface area contributed by atoms with Crippen molar-refractivity contribution in [2.24, 2.45) is 0 Å². The normalized spacial score (nSPS) is 10.3. The van der Waals surface area contributed by atoms with Crippen molar-refractivity contribution < 1.29 is 14.4 Å². The predicted molar refractivity (Wildman–Crippen MR) is 108 cm³/mol. The van der Waals surface area contributed by atoms with Gasteiger partial charge in [0, 0.05) is 36.2 Å². The fraction of sp³-hybridized carbons (Fsp3) is 0.111. The van der Waals surface area contributed by atoms with Gasteiger partial charge in [-0.3, -0.25) is 19.7 Å². The summed E-state index contributed by atoms with van der Waals surface area (Å²) in [6.45, 7) is 2.74. The maximum absolute atomic E-state index is 12.6. The van der Waals surface area contributed by atoms with Gasteiger partial charge in [0.15, 0.2) is 5.13 Å². The summed E-state index contributed by atoms with van der Waals surface area (Å²) in [4.78, 5) is 40.7. The monoisotopic (exact) mass is 400 g/mol. The molecular formula is C18H16N4O3S2. The second-order valence-corrected chi connectivity index (χ2v) is 7.44. The number of amides is 3. The third-order valence-electron chi connectivity index (χ3n) is 3.33. The number of hydrogen-bond acceptors (Lipinski definition) is 6. The van der Waals surface area contributed by atoms with Crippen LogP contribution in [0.1, 0.15) is 24.2 Å². The molecule has 0 bridgehead atoms. The third-order valence-corrected chi connectivity index (χ3v) is 4.98. The molecule has 0 aliphatic heterocycles. The SMILES string of the molecule is CC(=O)Nc1cc(NC(C)=O)cc(C(=O)Nc2nc(-c3cccs3)cs2)c1. The Bertz CT molecular complexity index is 962. The zero-order chi connectivity index (χ0) is 19.4. The van der Waals surface area contributed by atoms with E-state index >= 15 is 0 Å². The van der Waals surface area contributed by atoms with Crippen LogP contribution in [0.5, 0.6) is 0 Å². The number of aromatic nitrogens is 1. The Kier molecular flexibility index (Phi) is 5.63. The number of rotatable bonds is 5. The summed E-state index contributed by atoms with van der Waals surface area (Å²) < 4.78 is 0. The van der Waals surface area contributed by atoms with Crippen molar-refractivity contribution in [2.45, 2.75) is 13.8 Å². The van der Waals surface area contributed by atoms with E-state index in [9.17, 15) is 14.4 Å². The lowest BCUT2D eigenvalue weighted by Gasteiger charge is -2.10. The van der Waals surface area contributed by atoms with Gasteiger partial charge in [0.1, 0.15) is 0 Å². The molecule has 3 rings (SSSR count). The Morgan fingerprint density at radius 3 is 2.15 bits per heavy atom. The van der Waals surface area contributed by atoms with Gasteiger partial charge in [-0.05, 0) is 29.6 Å². The molecule has 0 saturated heterocycles. The number of thiazole rings is 1. The molecule has 27 heavy (non-hydrogen) atoms. The molecular weight excluding hydrogens is 384 g/mol. The van der Waals surface area contributed by atoms with E-state index in [1.165, 1.54) is 37.3 Å². The number of anilines is 3. The smallest absolute Gasteiger partial charge is 0.257 e. The van der Waals surface area contributed by atoms with E-state index in [0.717, 1.165) is 10.6 Å². The van der Waals surface area contributed by atoms with Crippen LogP contribution in [0.15, 0.2) is 41.1 Å². The minimum absolute atomic E-state index is 0.276. The highest BCUT2D eigenvalue weighted by molar-refractivity contribution is 7.16. The average molecular weight is 400 g/mol. The fourth-order valence-electron chi connectivity index (χ4n) is 2.35. The Morgan fingerprint density at radius 1 is 0.926 bits per heavy atom. The van der Waals surface area contributed by atoms with Crippen molar-refractivity contribution in [3.63, 3.8) is 0 Å². The van der Waals surface area contributed by atoms with E-state index in [0.29, 0.717) is 16.5 Å². The molecule has 0 spiro atoms. The van der Waals surface area contributed by atoms with Gasteiger partial charge in [-0.2, -0.15) is 0 Å². The summed E-state index contributed by atoms with van der Waals surface area (Å²) in [6.07, 6.45) is 0. The van der Waals surface area contributed by atoms with Crippen LogP contribution in [0, 0.1) is 0 Å². The standard InChI is InChI=1S/C18H16N4O3S2/c1-10(23)19-13-6-12(7-14(8-13)20-11(2)24)17(25)22-18-21-15(9-27-18)16-4-3-5-26-16/h3-9H,1-2H3,(H,19,23)(H,20,24)(H,21,22,25). The molecule has 138 valence electrons. The van der Waals surface area contributed by atoms with Crippen molar-refractivity contribution in [1.29, 1.82) is 0 Å². The van der Waals surface area contributed by atoms with E-state index in [2.05, 4.69) is 20.9 Å². The number of nitrogens with one attached hydrogen (secondary N) is 3. The Labute approximate surface area is 163 Å². The van der Waals surface area contributed by atoms with Crippen LogP contribution in [-0.4, -0.2) is 22.7 Å². The highest BCUT2D eigenvalue weighted by Crippen LogP contribution is 2.29. The lowest BCUT2D eigenvalue weighted by atomic mass is 10.1. The zero-order valence-electron chi connectivity index (χ0n) is 14.5. The van der Waals surface area contributed by atoms with Crippen molar-refractivity contribution in [2.75, 3.05) is 16.0 Å². The molecule has 0 radical (unpaired) electrons. The number of nitrogens with zero attached hydrogens (tertiary/aromatic N) is 1. The van der Waals surface area contributed by atoms with E-state index in [4.69, 9.17) is 0 Å². The van der Waals surface area contributed by atoms with Gasteiger partial charge in [0.25, 0.3) is 5.91 Å². The second kappa shape index (κ2) is 8.11. The molecule has 0 unspecified atom stereocenters. The molecule has 3 amide bonds. The number of thiophene rings is 1. The van der Waals surface area contributed by atoms with Crippen LogP contribution in [0.25, 0.3) is 10.6 Å². The highest BCUT2D eigenvalue weighted by Gasteiger charge is 2.13. The summed E-state index contributed by atoms with van der Waals surface area (Å²) in [7, 11) is 0. The fourth-order valence-corrected chi connectivity index (χ4v) is 3.81. The summed E-state index contributed by atoms with van der Waals surface area (Å²) >= 11 is 2.90. The van der Waals surface area contributed by atoms with E-state index in [-0.39, 0.29) is 23.3 Å². The lowest BCUT2D eigenvalue weighted by molar-refractivity contribution is -0.115. The molecule has 0 aliphatic rings. The van der Waals surface area contributed by atoms with Crippen LogP contribution in [-0.2, 0) is 9.59 Å². The molecule has 1 aromatic carbocycles. The molecule has 3 N–H and O–H groups in total. The van der Waals surface area contributed by atoms with Gasteiger partial charge < -0.3 is 10.6 Å². The number of carbonyl (C=O) groups is 3. The van der Waals surface area contributed by atoms with Crippen LogP contribution >= 0.6 is 22.7 Å². The highest BCUT2D eigenvalue weighted by atomic mass is 32.1. The first-order chi connectivity index (χ1) is 12.9. The summed E-state index contributed by atoms with van der Waals surface area (Å²) in [5.41, 5.74) is 1.92. The molecule has 3 aromatic rings. The summed E-state index contributed by atoms with van der Waals surface area (Å²) in [5.74, 6) is -0.940. The van der Waals surface area contributed by atoms with Crippen molar-refractivity contribution >= 4 is 56.9 Å². The van der Waals surface area contributed by atoms with Gasteiger partial charge in [0.2, 0.25) is 11.8 Å². The van der Waals surface area contributed by atoms with Crippen LogP contribution < -0.4 is 16.0 Å². The lowest BCUT2D eigenvalue weighted by Crippen LogP contribution is -2.15.